The molecule has 0 aromatic heterocycles. The van der Waals surface area contributed by atoms with Gasteiger partial charge in [0, 0.05) is 12.1 Å². The monoisotopic (exact) mass is 214 g/mol. The summed E-state index contributed by atoms with van der Waals surface area (Å²) in [5.74, 6) is -0.536. The molecule has 0 aliphatic heterocycles. The Morgan fingerprint density at radius 2 is 2.07 bits per heavy atom. The van der Waals surface area contributed by atoms with Crippen LogP contribution in [0.3, 0.4) is 0 Å². The van der Waals surface area contributed by atoms with Crippen LogP contribution in [0.4, 0.5) is 0 Å². The minimum Gasteiger partial charge on any atom is -0.468 e. The highest BCUT2D eigenvalue weighted by Gasteiger charge is 2.43. The lowest BCUT2D eigenvalue weighted by Gasteiger charge is -2.25. The van der Waals surface area contributed by atoms with E-state index < -0.39 is 5.97 Å². The number of carbonyl (C=O) groups excluding carboxylic acids is 2. The summed E-state index contributed by atoms with van der Waals surface area (Å²) < 4.78 is 4.54. The van der Waals surface area contributed by atoms with Gasteiger partial charge < -0.3 is 15.4 Å². The summed E-state index contributed by atoms with van der Waals surface area (Å²) in [5.41, 5.74) is 5.60. The summed E-state index contributed by atoms with van der Waals surface area (Å²) in [5, 5.41) is 0. The molecule has 2 atom stereocenters. The predicted octanol–water partition coefficient (Wildman–Crippen LogP) is -0.256. The highest BCUT2D eigenvalue weighted by Crippen LogP contribution is 2.30. The average molecular weight is 214 g/mol. The SMILES string of the molecule is COC(=O)CN(C(=O)C1CC1N)C(C)C. The number of amides is 1. The highest BCUT2D eigenvalue weighted by atomic mass is 16.5. The van der Waals surface area contributed by atoms with Gasteiger partial charge in [-0.2, -0.15) is 0 Å². The van der Waals surface area contributed by atoms with E-state index in [1.54, 1.807) is 0 Å². The number of carbonyl (C=O) groups is 2. The molecule has 2 N–H and O–H groups in total. The van der Waals surface area contributed by atoms with Crippen molar-refractivity contribution in [3.63, 3.8) is 0 Å². The molecule has 1 amide bonds. The second-order valence-electron chi connectivity index (χ2n) is 4.14. The first kappa shape index (κ1) is 12.0. The third kappa shape index (κ3) is 2.92. The summed E-state index contributed by atoms with van der Waals surface area (Å²) in [6.07, 6.45) is 0.725. The molecule has 5 nitrogen and oxygen atoms in total. The van der Waals surface area contributed by atoms with E-state index in [1.165, 1.54) is 12.0 Å². The van der Waals surface area contributed by atoms with Crippen LogP contribution in [-0.4, -0.2) is 42.5 Å². The Morgan fingerprint density at radius 3 is 2.40 bits per heavy atom. The molecule has 2 unspecified atom stereocenters. The van der Waals surface area contributed by atoms with E-state index in [4.69, 9.17) is 5.73 Å². The van der Waals surface area contributed by atoms with Crippen molar-refractivity contribution in [2.75, 3.05) is 13.7 Å². The fraction of sp³-hybridized carbons (Fsp3) is 0.800. The van der Waals surface area contributed by atoms with Crippen molar-refractivity contribution in [3.8, 4) is 0 Å². The fourth-order valence-corrected chi connectivity index (χ4v) is 1.43. The summed E-state index contributed by atoms with van der Waals surface area (Å²) in [7, 11) is 1.31. The molecule has 1 rings (SSSR count). The van der Waals surface area contributed by atoms with E-state index in [9.17, 15) is 9.59 Å². The Labute approximate surface area is 89.6 Å². The number of esters is 1. The molecular formula is C10H18N2O3. The van der Waals surface area contributed by atoms with Gasteiger partial charge in [0.05, 0.1) is 13.0 Å². The summed E-state index contributed by atoms with van der Waals surface area (Å²) in [6, 6.07) is -0.0409. The maximum absolute atomic E-state index is 11.8. The van der Waals surface area contributed by atoms with Crippen molar-refractivity contribution in [2.45, 2.75) is 32.4 Å². The Hall–Kier alpha value is -1.10. The van der Waals surface area contributed by atoms with Gasteiger partial charge in [0.15, 0.2) is 0 Å². The highest BCUT2D eigenvalue weighted by molar-refractivity contribution is 5.86. The van der Waals surface area contributed by atoms with E-state index >= 15 is 0 Å². The van der Waals surface area contributed by atoms with Crippen LogP contribution in [0.15, 0.2) is 0 Å². The minimum atomic E-state index is -0.397. The second kappa shape index (κ2) is 4.61. The first-order valence-corrected chi connectivity index (χ1v) is 5.10. The second-order valence-corrected chi connectivity index (χ2v) is 4.14. The van der Waals surface area contributed by atoms with Crippen LogP contribution in [0.1, 0.15) is 20.3 Å². The first-order chi connectivity index (χ1) is 6.97. The van der Waals surface area contributed by atoms with Gasteiger partial charge in [-0.25, -0.2) is 0 Å². The lowest BCUT2D eigenvalue weighted by atomic mass is 10.2. The number of rotatable bonds is 4. The molecule has 0 aromatic rings. The zero-order valence-electron chi connectivity index (χ0n) is 9.40. The smallest absolute Gasteiger partial charge is 0.325 e. The van der Waals surface area contributed by atoms with Gasteiger partial charge in [0.2, 0.25) is 5.91 Å². The van der Waals surface area contributed by atoms with Gasteiger partial charge in [0.25, 0.3) is 0 Å². The molecule has 0 heterocycles. The zero-order valence-corrected chi connectivity index (χ0v) is 9.40. The van der Waals surface area contributed by atoms with Crippen LogP contribution in [0, 0.1) is 5.92 Å². The van der Waals surface area contributed by atoms with Crippen LogP contribution in [-0.2, 0) is 14.3 Å². The molecule has 0 radical (unpaired) electrons. The molecule has 1 aliphatic carbocycles. The molecule has 15 heavy (non-hydrogen) atoms. The van der Waals surface area contributed by atoms with E-state index in [1.807, 2.05) is 13.8 Å². The predicted molar refractivity (Wildman–Crippen MR) is 54.9 cm³/mol. The molecule has 1 fully saturated rings. The maximum Gasteiger partial charge on any atom is 0.325 e. The minimum absolute atomic E-state index is 0.00981. The number of hydrogen-bond acceptors (Lipinski definition) is 4. The quantitative estimate of drug-likeness (QED) is 0.655. The molecule has 0 aromatic carbocycles. The zero-order chi connectivity index (χ0) is 11.6. The van der Waals surface area contributed by atoms with Gasteiger partial charge in [-0.3, -0.25) is 9.59 Å². The molecule has 0 saturated heterocycles. The van der Waals surface area contributed by atoms with E-state index in [-0.39, 0.29) is 30.5 Å². The van der Waals surface area contributed by atoms with Crippen molar-refractivity contribution < 1.29 is 14.3 Å². The normalized spacial score (nSPS) is 23.8. The first-order valence-electron chi connectivity index (χ1n) is 5.10. The molecule has 0 bridgehead atoms. The molecule has 0 spiro atoms. The van der Waals surface area contributed by atoms with Crippen molar-refractivity contribution in [1.82, 2.24) is 4.90 Å². The van der Waals surface area contributed by atoms with Crippen molar-refractivity contribution >= 4 is 11.9 Å². The Morgan fingerprint density at radius 1 is 1.53 bits per heavy atom. The van der Waals surface area contributed by atoms with Gasteiger partial charge in [-0.15, -0.1) is 0 Å². The van der Waals surface area contributed by atoms with E-state index in [0.717, 1.165) is 6.42 Å². The third-order valence-electron chi connectivity index (χ3n) is 2.59. The van der Waals surface area contributed by atoms with Crippen molar-refractivity contribution in [2.24, 2.45) is 11.7 Å². The van der Waals surface area contributed by atoms with Crippen LogP contribution in [0.5, 0.6) is 0 Å². The number of nitrogens with zero attached hydrogens (tertiary/aromatic N) is 1. The van der Waals surface area contributed by atoms with Gasteiger partial charge in [0.1, 0.15) is 6.54 Å². The van der Waals surface area contributed by atoms with Crippen LogP contribution < -0.4 is 5.73 Å². The number of nitrogens with two attached hydrogens (primary N) is 1. The standard InChI is InChI=1S/C10H18N2O3/c1-6(2)12(5-9(13)15-3)10(14)7-4-8(7)11/h6-8H,4-5,11H2,1-3H3. The largest absolute Gasteiger partial charge is 0.468 e. The molecular weight excluding hydrogens is 196 g/mol. The van der Waals surface area contributed by atoms with Gasteiger partial charge in [-0.05, 0) is 20.3 Å². The Bertz CT molecular complexity index is 265. The van der Waals surface area contributed by atoms with E-state index in [2.05, 4.69) is 4.74 Å². The maximum atomic E-state index is 11.8. The van der Waals surface area contributed by atoms with Crippen LogP contribution in [0.2, 0.25) is 0 Å². The van der Waals surface area contributed by atoms with Crippen molar-refractivity contribution in [3.05, 3.63) is 0 Å². The van der Waals surface area contributed by atoms with Crippen LogP contribution in [0.25, 0.3) is 0 Å². The fourth-order valence-electron chi connectivity index (χ4n) is 1.43. The number of hydrogen-bond donors (Lipinski definition) is 1. The topological polar surface area (TPSA) is 72.6 Å². The average Bonchev–Trinajstić information content (AvgIpc) is 2.90. The molecule has 1 saturated carbocycles. The lowest BCUT2D eigenvalue weighted by molar-refractivity contribution is -0.148. The van der Waals surface area contributed by atoms with E-state index in [0.29, 0.717) is 0 Å². The van der Waals surface area contributed by atoms with Gasteiger partial charge in [-0.1, -0.05) is 0 Å². The summed E-state index contributed by atoms with van der Waals surface area (Å²) >= 11 is 0. The molecule has 5 heteroatoms. The summed E-state index contributed by atoms with van der Waals surface area (Å²) in [4.78, 5) is 24.5. The van der Waals surface area contributed by atoms with Crippen LogP contribution >= 0.6 is 0 Å². The van der Waals surface area contributed by atoms with Gasteiger partial charge >= 0.3 is 5.97 Å². The number of ether oxygens (including phenoxy) is 1. The van der Waals surface area contributed by atoms with Crippen molar-refractivity contribution in [1.29, 1.82) is 0 Å². The Kier molecular flexibility index (Phi) is 3.68. The molecule has 86 valence electrons. The molecule has 1 aliphatic rings. The Balaban J connectivity index is 2.57. The summed E-state index contributed by atoms with van der Waals surface area (Å²) in [6.45, 7) is 3.75. The third-order valence-corrected chi connectivity index (χ3v) is 2.59. The lowest BCUT2D eigenvalue weighted by Crippen LogP contribution is -2.42. The number of methoxy groups -OCH3 is 1.